The molecule has 1 rings (SSSR count). The Bertz CT molecular complexity index is 317. The zero-order valence-electron chi connectivity index (χ0n) is 8.89. The van der Waals surface area contributed by atoms with Gasteiger partial charge in [-0.3, -0.25) is 0 Å². The van der Waals surface area contributed by atoms with Gasteiger partial charge < -0.3 is 10.1 Å². The summed E-state index contributed by atoms with van der Waals surface area (Å²) in [6.07, 6.45) is 0. The highest BCUT2D eigenvalue weighted by molar-refractivity contribution is 5.24. The zero-order valence-corrected chi connectivity index (χ0v) is 8.89. The molecule has 0 spiro atoms. The fourth-order valence-corrected chi connectivity index (χ4v) is 1.21. The molecule has 0 aliphatic rings. The van der Waals surface area contributed by atoms with Crippen molar-refractivity contribution in [3.63, 3.8) is 0 Å². The molecule has 0 aliphatic heterocycles. The minimum absolute atomic E-state index is 0.0844. The third-order valence-electron chi connectivity index (χ3n) is 1.94. The van der Waals surface area contributed by atoms with E-state index >= 15 is 0 Å². The van der Waals surface area contributed by atoms with E-state index in [-0.39, 0.29) is 11.8 Å². The van der Waals surface area contributed by atoms with E-state index in [1.165, 1.54) is 12.1 Å². The van der Waals surface area contributed by atoms with Crippen LogP contribution in [0.3, 0.4) is 0 Å². The van der Waals surface area contributed by atoms with E-state index in [9.17, 15) is 8.78 Å². The maximum absolute atomic E-state index is 13.1. The normalized spacial score (nSPS) is 12.5. The van der Waals surface area contributed by atoms with Crippen LogP contribution in [0.4, 0.5) is 8.78 Å². The summed E-state index contributed by atoms with van der Waals surface area (Å²) in [5.41, 5.74) is 0. The molecule has 0 aliphatic carbocycles. The molecule has 2 nitrogen and oxygen atoms in total. The number of benzene rings is 1. The van der Waals surface area contributed by atoms with Gasteiger partial charge in [-0.2, -0.15) is 0 Å². The number of rotatable bonds is 5. The van der Waals surface area contributed by atoms with Crippen LogP contribution in [0.5, 0.6) is 5.75 Å². The van der Waals surface area contributed by atoms with Gasteiger partial charge in [0, 0.05) is 12.1 Å². The molecule has 0 aromatic heterocycles. The van der Waals surface area contributed by atoms with E-state index in [1.807, 2.05) is 13.8 Å². The Labute approximate surface area is 88.3 Å². The van der Waals surface area contributed by atoms with Crippen molar-refractivity contribution in [1.82, 2.24) is 5.32 Å². The molecule has 0 saturated heterocycles. The maximum atomic E-state index is 13.1. The number of hydrogen-bond donors (Lipinski definition) is 1. The molecule has 4 heteroatoms. The molecule has 1 atom stereocenters. The Balaban J connectivity index is 2.50. The fraction of sp³-hybridized carbons (Fsp3) is 0.455. The molecule has 0 bridgehead atoms. The summed E-state index contributed by atoms with van der Waals surface area (Å²) < 4.78 is 30.9. The van der Waals surface area contributed by atoms with Crippen molar-refractivity contribution in [2.75, 3.05) is 13.2 Å². The molecular weight excluding hydrogens is 200 g/mol. The first-order valence-corrected chi connectivity index (χ1v) is 4.94. The molecule has 1 N–H and O–H groups in total. The molecular formula is C11H15F2NO. The summed E-state index contributed by atoms with van der Waals surface area (Å²) >= 11 is 0. The van der Waals surface area contributed by atoms with Crippen LogP contribution < -0.4 is 10.1 Å². The van der Waals surface area contributed by atoms with Gasteiger partial charge in [-0.25, -0.2) is 8.78 Å². The Morgan fingerprint density at radius 3 is 2.73 bits per heavy atom. The molecule has 15 heavy (non-hydrogen) atoms. The summed E-state index contributed by atoms with van der Waals surface area (Å²) in [5.74, 6) is -1.18. The quantitative estimate of drug-likeness (QED) is 0.814. The monoisotopic (exact) mass is 215 g/mol. The summed E-state index contributed by atoms with van der Waals surface area (Å²) in [5, 5.41) is 3.13. The van der Waals surface area contributed by atoms with Gasteiger partial charge in [0.1, 0.15) is 12.4 Å². The van der Waals surface area contributed by atoms with E-state index in [0.29, 0.717) is 6.61 Å². The summed E-state index contributed by atoms with van der Waals surface area (Å²) in [4.78, 5) is 0. The second-order valence-electron chi connectivity index (χ2n) is 3.34. The first-order valence-electron chi connectivity index (χ1n) is 4.94. The van der Waals surface area contributed by atoms with Crippen molar-refractivity contribution in [2.45, 2.75) is 19.9 Å². The largest absolute Gasteiger partial charge is 0.489 e. The second-order valence-corrected chi connectivity index (χ2v) is 3.34. The van der Waals surface area contributed by atoms with Crippen LogP contribution in [-0.4, -0.2) is 19.2 Å². The lowest BCUT2D eigenvalue weighted by atomic mass is 10.3. The number of ether oxygens (including phenoxy) is 1. The summed E-state index contributed by atoms with van der Waals surface area (Å²) in [7, 11) is 0. The van der Waals surface area contributed by atoms with E-state index in [1.54, 1.807) is 0 Å². The molecule has 0 radical (unpaired) electrons. The summed E-state index contributed by atoms with van der Waals surface area (Å²) in [6.45, 7) is 5.10. The highest BCUT2D eigenvalue weighted by Crippen LogP contribution is 2.17. The molecule has 0 heterocycles. The van der Waals surface area contributed by atoms with Gasteiger partial charge in [-0.15, -0.1) is 0 Å². The Hall–Kier alpha value is -1.16. The van der Waals surface area contributed by atoms with Crippen molar-refractivity contribution < 1.29 is 13.5 Å². The van der Waals surface area contributed by atoms with Gasteiger partial charge in [-0.1, -0.05) is 6.92 Å². The van der Waals surface area contributed by atoms with Gasteiger partial charge >= 0.3 is 0 Å². The lowest BCUT2D eigenvalue weighted by molar-refractivity contribution is 0.263. The van der Waals surface area contributed by atoms with Crippen molar-refractivity contribution in [1.29, 1.82) is 0 Å². The lowest BCUT2D eigenvalue weighted by Gasteiger charge is -2.13. The Morgan fingerprint density at radius 1 is 1.40 bits per heavy atom. The highest BCUT2D eigenvalue weighted by Gasteiger charge is 2.06. The molecule has 1 aromatic rings. The smallest absolute Gasteiger partial charge is 0.167 e. The number of hydrogen-bond acceptors (Lipinski definition) is 2. The molecule has 84 valence electrons. The molecule has 0 fully saturated rings. The van der Waals surface area contributed by atoms with Crippen LogP contribution >= 0.6 is 0 Å². The number of nitrogens with one attached hydrogen (secondary N) is 1. The highest BCUT2D eigenvalue weighted by atomic mass is 19.1. The first kappa shape index (κ1) is 11.9. The van der Waals surface area contributed by atoms with E-state index < -0.39 is 11.6 Å². The Kier molecular flexibility index (Phi) is 4.49. The average molecular weight is 215 g/mol. The number of likely N-dealkylation sites (N-methyl/N-ethyl adjacent to an activating group) is 1. The van der Waals surface area contributed by atoms with Gasteiger partial charge in [0.25, 0.3) is 0 Å². The van der Waals surface area contributed by atoms with Gasteiger partial charge in [0.2, 0.25) is 0 Å². The maximum Gasteiger partial charge on any atom is 0.167 e. The van der Waals surface area contributed by atoms with Crippen molar-refractivity contribution in [3.8, 4) is 5.75 Å². The predicted molar refractivity (Wildman–Crippen MR) is 55.0 cm³/mol. The van der Waals surface area contributed by atoms with Crippen LogP contribution in [-0.2, 0) is 0 Å². The van der Waals surface area contributed by atoms with Gasteiger partial charge in [-0.05, 0) is 25.6 Å². The standard InChI is InChI=1S/C11H15F2NO/c1-3-14-8(2)7-15-11-5-4-9(12)6-10(11)13/h4-6,8,14H,3,7H2,1-2H3. The lowest BCUT2D eigenvalue weighted by Crippen LogP contribution is -2.31. The summed E-state index contributed by atoms with van der Waals surface area (Å²) in [6, 6.07) is 3.42. The van der Waals surface area contributed by atoms with Crippen molar-refractivity contribution >= 4 is 0 Å². The number of halogens is 2. The van der Waals surface area contributed by atoms with Crippen LogP contribution in [0, 0.1) is 11.6 Å². The fourth-order valence-electron chi connectivity index (χ4n) is 1.21. The van der Waals surface area contributed by atoms with Gasteiger partial charge in [0.05, 0.1) is 0 Å². The van der Waals surface area contributed by atoms with Crippen molar-refractivity contribution in [3.05, 3.63) is 29.8 Å². The van der Waals surface area contributed by atoms with Crippen molar-refractivity contribution in [2.24, 2.45) is 0 Å². The van der Waals surface area contributed by atoms with E-state index in [2.05, 4.69) is 5.32 Å². The third kappa shape index (κ3) is 3.83. The second kappa shape index (κ2) is 5.66. The van der Waals surface area contributed by atoms with Gasteiger partial charge in [0.15, 0.2) is 11.6 Å². The van der Waals surface area contributed by atoms with Crippen LogP contribution in [0.2, 0.25) is 0 Å². The minimum Gasteiger partial charge on any atom is -0.489 e. The average Bonchev–Trinajstić information content (AvgIpc) is 2.17. The van der Waals surface area contributed by atoms with Crippen LogP contribution in [0.1, 0.15) is 13.8 Å². The molecule has 0 amide bonds. The molecule has 0 saturated carbocycles. The SMILES string of the molecule is CCNC(C)COc1ccc(F)cc1F. The topological polar surface area (TPSA) is 21.3 Å². The van der Waals surface area contributed by atoms with E-state index in [0.717, 1.165) is 12.6 Å². The van der Waals surface area contributed by atoms with Crippen LogP contribution in [0.15, 0.2) is 18.2 Å². The first-order chi connectivity index (χ1) is 7.13. The predicted octanol–water partition coefficient (Wildman–Crippen LogP) is 2.34. The van der Waals surface area contributed by atoms with Crippen LogP contribution in [0.25, 0.3) is 0 Å². The Morgan fingerprint density at radius 2 is 2.13 bits per heavy atom. The zero-order chi connectivity index (χ0) is 11.3. The third-order valence-corrected chi connectivity index (χ3v) is 1.94. The molecule has 1 unspecified atom stereocenters. The molecule has 1 aromatic carbocycles. The minimum atomic E-state index is -0.668. The van der Waals surface area contributed by atoms with E-state index in [4.69, 9.17) is 4.74 Å².